The molecule has 66 valence electrons. The molecule has 0 aromatic carbocycles. The van der Waals surface area contributed by atoms with Crippen molar-refractivity contribution in [1.29, 1.82) is 0 Å². The first kappa shape index (κ1) is 8.31. The Morgan fingerprint density at radius 2 is 2.23 bits per heavy atom. The number of hydrogen-bond acceptors (Lipinski definition) is 3. The monoisotopic (exact) mass is 194 g/mol. The molecule has 0 aliphatic rings. The summed E-state index contributed by atoms with van der Waals surface area (Å²) in [6, 6.07) is 3.26. The number of aryl methyl sites for hydroxylation is 1. The zero-order valence-electron chi connectivity index (χ0n) is 6.99. The van der Waals surface area contributed by atoms with Crippen LogP contribution in [0.25, 0.3) is 10.4 Å². The van der Waals surface area contributed by atoms with Crippen molar-refractivity contribution in [2.75, 3.05) is 0 Å². The Balaban J connectivity index is 2.53. The van der Waals surface area contributed by atoms with Gasteiger partial charge in [0.2, 0.25) is 5.95 Å². The minimum absolute atomic E-state index is 0.441. The minimum Gasteiger partial charge on any atom is -0.252 e. The van der Waals surface area contributed by atoms with Gasteiger partial charge in [0.25, 0.3) is 0 Å². The molecule has 0 unspecified atom stereocenters. The van der Waals surface area contributed by atoms with Gasteiger partial charge in [0, 0.05) is 18.0 Å². The summed E-state index contributed by atoms with van der Waals surface area (Å²) in [4.78, 5) is 8.56. The SMILES string of the molecule is Cc1cc(-c2cncs2)cc(F)n1. The molecule has 0 spiro atoms. The Bertz CT molecular complexity index is 391. The van der Waals surface area contributed by atoms with Crippen LogP contribution in [0, 0.1) is 12.9 Å². The smallest absolute Gasteiger partial charge is 0.213 e. The fourth-order valence-corrected chi connectivity index (χ4v) is 1.74. The zero-order valence-corrected chi connectivity index (χ0v) is 7.81. The van der Waals surface area contributed by atoms with E-state index in [0.717, 1.165) is 10.4 Å². The van der Waals surface area contributed by atoms with Crippen LogP contribution in [0.3, 0.4) is 0 Å². The molecule has 4 heteroatoms. The second kappa shape index (κ2) is 3.22. The van der Waals surface area contributed by atoms with E-state index in [2.05, 4.69) is 9.97 Å². The normalized spacial score (nSPS) is 10.3. The first-order chi connectivity index (χ1) is 6.25. The van der Waals surface area contributed by atoms with Crippen LogP contribution in [-0.2, 0) is 0 Å². The van der Waals surface area contributed by atoms with E-state index >= 15 is 0 Å². The Hall–Kier alpha value is -1.29. The minimum atomic E-state index is -0.441. The van der Waals surface area contributed by atoms with Gasteiger partial charge in [-0.1, -0.05) is 0 Å². The summed E-state index contributed by atoms with van der Waals surface area (Å²) in [5, 5.41) is 0. The number of nitrogens with zero attached hydrogens (tertiary/aromatic N) is 2. The maximum absolute atomic E-state index is 12.9. The Labute approximate surface area is 79.1 Å². The Morgan fingerprint density at radius 1 is 1.38 bits per heavy atom. The number of thiazole rings is 1. The van der Waals surface area contributed by atoms with Gasteiger partial charge in [0.15, 0.2) is 0 Å². The molecule has 0 fully saturated rings. The molecule has 0 aliphatic carbocycles. The third-order valence-electron chi connectivity index (χ3n) is 1.64. The van der Waals surface area contributed by atoms with Gasteiger partial charge in [0.1, 0.15) is 0 Å². The van der Waals surface area contributed by atoms with Crippen molar-refractivity contribution in [2.24, 2.45) is 0 Å². The van der Waals surface area contributed by atoms with E-state index in [4.69, 9.17) is 0 Å². The van der Waals surface area contributed by atoms with Crippen molar-refractivity contribution in [3.63, 3.8) is 0 Å². The third-order valence-corrected chi connectivity index (χ3v) is 2.46. The highest BCUT2D eigenvalue weighted by molar-refractivity contribution is 7.13. The Kier molecular flexibility index (Phi) is 2.06. The van der Waals surface area contributed by atoms with Gasteiger partial charge in [-0.05, 0) is 18.6 Å². The lowest BCUT2D eigenvalue weighted by Gasteiger charge is -1.98. The van der Waals surface area contributed by atoms with Gasteiger partial charge in [-0.3, -0.25) is 4.98 Å². The van der Waals surface area contributed by atoms with E-state index in [1.165, 1.54) is 17.4 Å². The molecule has 2 aromatic rings. The molecule has 0 saturated heterocycles. The maximum Gasteiger partial charge on any atom is 0.213 e. The molecule has 0 radical (unpaired) electrons. The van der Waals surface area contributed by atoms with E-state index in [1.807, 2.05) is 6.07 Å². The van der Waals surface area contributed by atoms with Crippen LogP contribution in [0.1, 0.15) is 5.69 Å². The number of pyridine rings is 1. The van der Waals surface area contributed by atoms with Gasteiger partial charge in [-0.25, -0.2) is 4.98 Å². The second-order valence-electron chi connectivity index (χ2n) is 2.69. The van der Waals surface area contributed by atoms with E-state index in [0.29, 0.717) is 5.69 Å². The maximum atomic E-state index is 12.9. The fourth-order valence-electron chi connectivity index (χ4n) is 1.13. The van der Waals surface area contributed by atoms with Crippen molar-refractivity contribution in [3.05, 3.63) is 35.5 Å². The predicted molar refractivity (Wildman–Crippen MR) is 50.0 cm³/mol. The lowest BCUT2D eigenvalue weighted by Crippen LogP contribution is -1.87. The van der Waals surface area contributed by atoms with Crippen LogP contribution in [0.4, 0.5) is 4.39 Å². The van der Waals surface area contributed by atoms with Crippen LogP contribution in [-0.4, -0.2) is 9.97 Å². The first-order valence-corrected chi connectivity index (χ1v) is 4.67. The standard InChI is InChI=1S/C9H7FN2S/c1-6-2-7(3-9(10)12-6)8-4-11-5-13-8/h2-5H,1H3. The van der Waals surface area contributed by atoms with E-state index in [9.17, 15) is 4.39 Å². The molecule has 0 bridgehead atoms. The molecule has 0 saturated carbocycles. The summed E-state index contributed by atoms with van der Waals surface area (Å²) in [5.74, 6) is -0.441. The fraction of sp³-hybridized carbons (Fsp3) is 0.111. The number of hydrogen-bond donors (Lipinski definition) is 0. The van der Waals surface area contributed by atoms with Crippen LogP contribution < -0.4 is 0 Å². The second-order valence-corrected chi connectivity index (χ2v) is 3.57. The predicted octanol–water partition coefficient (Wildman–Crippen LogP) is 2.65. The summed E-state index contributed by atoms with van der Waals surface area (Å²) in [5.41, 5.74) is 3.25. The summed E-state index contributed by atoms with van der Waals surface area (Å²) in [7, 11) is 0. The van der Waals surface area contributed by atoms with Gasteiger partial charge in [-0.2, -0.15) is 4.39 Å². The molecule has 0 amide bonds. The van der Waals surface area contributed by atoms with Crippen molar-refractivity contribution < 1.29 is 4.39 Å². The third kappa shape index (κ3) is 1.72. The molecule has 13 heavy (non-hydrogen) atoms. The molecule has 0 N–H and O–H groups in total. The van der Waals surface area contributed by atoms with E-state index < -0.39 is 5.95 Å². The molecule has 2 rings (SSSR count). The average Bonchev–Trinajstić information content (AvgIpc) is 2.53. The molecule has 2 nitrogen and oxygen atoms in total. The highest BCUT2D eigenvalue weighted by atomic mass is 32.1. The molecule has 2 heterocycles. The summed E-state index contributed by atoms with van der Waals surface area (Å²) in [6.45, 7) is 1.77. The van der Waals surface area contributed by atoms with Gasteiger partial charge < -0.3 is 0 Å². The molecule has 2 aromatic heterocycles. The summed E-state index contributed by atoms with van der Waals surface area (Å²) >= 11 is 1.49. The number of rotatable bonds is 1. The van der Waals surface area contributed by atoms with Crippen LogP contribution in [0.2, 0.25) is 0 Å². The number of halogens is 1. The lowest BCUT2D eigenvalue weighted by atomic mass is 10.2. The highest BCUT2D eigenvalue weighted by Crippen LogP contribution is 2.23. The summed E-state index contributed by atoms with van der Waals surface area (Å²) in [6.07, 6.45) is 1.72. The zero-order chi connectivity index (χ0) is 9.26. The molecule has 0 aliphatic heterocycles. The first-order valence-electron chi connectivity index (χ1n) is 3.79. The number of aromatic nitrogens is 2. The largest absolute Gasteiger partial charge is 0.252 e. The molecule has 0 atom stereocenters. The van der Waals surface area contributed by atoms with E-state index in [-0.39, 0.29) is 0 Å². The Morgan fingerprint density at radius 3 is 2.85 bits per heavy atom. The van der Waals surface area contributed by atoms with E-state index in [1.54, 1.807) is 18.6 Å². The van der Waals surface area contributed by atoms with Gasteiger partial charge in [0.05, 0.1) is 10.4 Å². The average molecular weight is 194 g/mol. The molecular weight excluding hydrogens is 187 g/mol. The van der Waals surface area contributed by atoms with Crippen LogP contribution >= 0.6 is 11.3 Å². The van der Waals surface area contributed by atoms with Crippen molar-refractivity contribution in [1.82, 2.24) is 9.97 Å². The van der Waals surface area contributed by atoms with Crippen molar-refractivity contribution >= 4 is 11.3 Å². The lowest BCUT2D eigenvalue weighted by molar-refractivity contribution is 0.581. The summed E-state index contributed by atoms with van der Waals surface area (Å²) < 4.78 is 12.9. The van der Waals surface area contributed by atoms with Crippen LogP contribution in [0.15, 0.2) is 23.8 Å². The van der Waals surface area contributed by atoms with Gasteiger partial charge >= 0.3 is 0 Å². The van der Waals surface area contributed by atoms with Crippen LogP contribution in [0.5, 0.6) is 0 Å². The topological polar surface area (TPSA) is 25.8 Å². The quantitative estimate of drug-likeness (QED) is 0.652. The van der Waals surface area contributed by atoms with Gasteiger partial charge in [-0.15, -0.1) is 11.3 Å². The van der Waals surface area contributed by atoms with Crippen molar-refractivity contribution in [3.8, 4) is 10.4 Å². The van der Waals surface area contributed by atoms with Crippen molar-refractivity contribution in [2.45, 2.75) is 6.92 Å². The highest BCUT2D eigenvalue weighted by Gasteiger charge is 2.02. The molecular formula is C9H7FN2S.